The maximum atomic E-state index is 12.5. The zero-order chi connectivity index (χ0) is 21.1. The Morgan fingerprint density at radius 2 is 1.64 bits per heavy atom. The average Bonchev–Trinajstić information content (AvgIpc) is 2.63. The molecule has 0 aliphatic heterocycles. The molecule has 2 rings (SSSR count). The second kappa shape index (κ2) is 9.24. The van der Waals surface area contributed by atoms with E-state index in [1.54, 1.807) is 25.1 Å². The molecule has 0 radical (unpaired) electrons. The number of anilines is 1. The topological polar surface area (TPSA) is 78.5 Å². The molecule has 1 amide bonds. The Bertz CT molecular complexity index is 947. The molecule has 0 aromatic heterocycles. The van der Waals surface area contributed by atoms with E-state index < -0.39 is 16.1 Å². The Hall–Kier alpha value is -1.64. The lowest BCUT2D eigenvalue weighted by Crippen LogP contribution is -2.39. The van der Waals surface area contributed by atoms with E-state index in [0.717, 1.165) is 9.87 Å². The van der Waals surface area contributed by atoms with Crippen LogP contribution in [0.2, 0.25) is 10.0 Å². The number of nitrogens with one attached hydrogen (secondary N) is 2. The van der Waals surface area contributed by atoms with E-state index in [4.69, 9.17) is 23.2 Å². The van der Waals surface area contributed by atoms with Gasteiger partial charge in [-0.05, 0) is 49.7 Å². The van der Waals surface area contributed by atoms with E-state index >= 15 is 0 Å². The highest BCUT2D eigenvalue weighted by molar-refractivity contribution is 7.89. The summed E-state index contributed by atoms with van der Waals surface area (Å²) in [6.45, 7) is 3.67. The van der Waals surface area contributed by atoms with Crippen molar-refractivity contribution in [3.63, 3.8) is 0 Å². The summed E-state index contributed by atoms with van der Waals surface area (Å²) in [6.07, 6.45) is 0. The third kappa shape index (κ3) is 5.46. The summed E-state index contributed by atoms with van der Waals surface area (Å²) in [6, 6.07) is 11.1. The number of carbonyl (C=O) groups is 1. The smallest absolute Gasteiger partial charge is 0.244 e. The number of nitrogens with zero attached hydrogens (tertiary/aromatic N) is 1. The number of hydrogen-bond acceptors (Lipinski definition) is 4. The van der Waals surface area contributed by atoms with E-state index in [9.17, 15) is 13.2 Å². The molecule has 0 unspecified atom stereocenters. The zero-order valence-corrected chi connectivity index (χ0v) is 18.4. The molecule has 2 aromatic carbocycles. The molecule has 0 spiro atoms. The molecule has 0 saturated heterocycles. The monoisotopic (exact) mass is 443 g/mol. The quantitative estimate of drug-likeness (QED) is 0.679. The van der Waals surface area contributed by atoms with Crippen molar-refractivity contribution < 1.29 is 13.2 Å². The Balaban J connectivity index is 2.10. The minimum atomic E-state index is -3.72. The van der Waals surface area contributed by atoms with Gasteiger partial charge in [0.2, 0.25) is 15.9 Å². The summed E-state index contributed by atoms with van der Waals surface area (Å²) in [5.41, 5.74) is 1.34. The fourth-order valence-corrected chi connectivity index (χ4v) is 4.04. The fourth-order valence-electron chi connectivity index (χ4n) is 2.52. The van der Waals surface area contributed by atoms with Crippen LogP contribution in [0.5, 0.6) is 0 Å². The fraction of sp³-hybridized carbons (Fsp3) is 0.316. The summed E-state index contributed by atoms with van der Waals surface area (Å²) in [4.78, 5) is 12.5. The molecule has 152 valence electrons. The van der Waals surface area contributed by atoms with Crippen LogP contribution in [0.3, 0.4) is 0 Å². The summed E-state index contributed by atoms with van der Waals surface area (Å²) >= 11 is 11.9. The molecule has 0 aliphatic carbocycles. The number of sulfonamides is 1. The first-order valence-electron chi connectivity index (χ1n) is 8.57. The largest absolute Gasteiger partial charge is 0.325 e. The second-order valence-corrected chi connectivity index (χ2v) is 9.55. The molecule has 2 atom stereocenters. The molecular weight excluding hydrogens is 421 g/mol. The van der Waals surface area contributed by atoms with Gasteiger partial charge in [-0.25, -0.2) is 12.7 Å². The van der Waals surface area contributed by atoms with Crippen LogP contribution in [0.4, 0.5) is 5.69 Å². The molecule has 28 heavy (non-hydrogen) atoms. The van der Waals surface area contributed by atoms with E-state index in [2.05, 4.69) is 10.6 Å². The van der Waals surface area contributed by atoms with Crippen molar-refractivity contribution in [2.45, 2.75) is 30.8 Å². The van der Waals surface area contributed by atoms with Crippen molar-refractivity contribution in [1.29, 1.82) is 0 Å². The van der Waals surface area contributed by atoms with Gasteiger partial charge in [0, 0.05) is 30.8 Å². The molecule has 0 saturated carbocycles. The van der Waals surface area contributed by atoms with Crippen molar-refractivity contribution in [3.05, 3.63) is 58.1 Å². The molecule has 0 bridgehead atoms. The van der Waals surface area contributed by atoms with Crippen LogP contribution in [-0.2, 0) is 14.8 Å². The van der Waals surface area contributed by atoms with Gasteiger partial charge < -0.3 is 5.32 Å². The Labute approximate surface area is 175 Å². The highest BCUT2D eigenvalue weighted by atomic mass is 35.5. The predicted octanol–water partition coefficient (Wildman–Crippen LogP) is 3.92. The minimum Gasteiger partial charge on any atom is -0.325 e. The van der Waals surface area contributed by atoms with Crippen LogP contribution in [0.25, 0.3) is 0 Å². The normalized spacial score (nSPS) is 14.0. The highest BCUT2D eigenvalue weighted by Gasteiger charge is 2.22. The van der Waals surface area contributed by atoms with Gasteiger partial charge in [-0.1, -0.05) is 35.3 Å². The van der Waals surface area contributed by atoms with Crippen molar-refractivity contribution in [2.24, 2.45) is 0 Å². The van der Waals surface area contributed by atoms with Gasteiger partial charge in [0.05, 0.1) is 11.1 Å². The molecule has 2 aromatic rings. The number of halogens is 2. The molecule has 9 heteroatoms. The lowest BCUT2D eigenvalue weighted by atomic mass is 10.1. The van der Waals surface area contributed by atoms with Crippen LogP contribution in [0.1, 0.15) is 25.5 Å². The first-order chi connectivity index (χ1) is 13.0. The molecule has 6 nitrogen and oxygen atoms in total. The number of carbonyl (C=O) groups excluding carboxylic acids is 1. The lowest BCUT2D eigenvalue weighted by molar-refractivity contribution is -0.117. The number of hydrogen-bond donors (Lipinski definition) is 2. The molecule has 2 N–H and O–H groups in total. The van der Waals surface area contributed by atoms with Gasteiger partial charge in [-0.15, -0.1) is 0 Å². The first kappa shape index (κ1) is 22.6. The van der Waals surface area contributed by atoms with Crippen LogP contribution < -0.4 is 10.6 Å². The van der Waals surface area contributed by atoms with Crippen molar-refractivity contribution in [3.8, 4) is 0 Å². The summed E-state index contributed by atoms with van der Waals surface area (Å²) in [7, 11) is -0.886. The van der Waals surface area contributed by atoms with Crippen LogP contribution in [0, 0.1) is 0 Å². The molecule has 0 fully saturated rings. The number of rotatable bonds is 7. The van der Waals surface area contributed by atoms with Gasteiger partial charge in [0.1, 0.15) is 4.90 Å². The van der Waals surface area contributed by atoms with Gasteiger partial charge in [0.15, 0.2) is 0 Å². The zero-order valence-electron chi connectivity index (χ0n) is 16.0. The van der Waals surface area contributed by atoms with Gasteiger partial charge in [-0.3, -0.25) is 10.1 Å². The maximum absolute atomic E-state index is 12.5. The van der Waals surface area contributed by atoms with Crippen molar-refractivity contribution >= 4 is 44.8 Å². The van der Waals surface area contributed by atoms with Gasteiger partial charge >= 0.3 is 0 Å². The standard InChI is InChI=1S/C19H23Cl2N3O3S/c1-12(14-5-7-15(20)8-6-14)22-13(2)19(25)23-16-9-10-17(21)18(11-16)28(26,27)24(3)4/h5-13,22H,1-4H3,(H,23,25)/t12-,13+/m0/s1. The molecule has 0 heterocycles. The third-order valence-electron chi connectivity index (χ3n) is 4.22. The number of benzene rings is 2. The Morgan fingerprint density at radius 1 is 1.04 bits per heavy atom. The number of amides is 1. The van der Waals surface area contributed by atoms with Crippen LogP contribution >= 0.6 is 23.2 Å². The van der Waals surface area contributed by atoms with E-state index in [1.165, 1.54) is 26.2 Å². The van der Waals surface area contributed by atoms with E-state index in [0.29, 0.717) is 10.7 Å². The highest BCUT2D eigenvalue weighted by Crippen LogP contribution is 2.27. The molecular formula is C19H23Cl2N3O3S. The van der Waals surface area contributed by atoms with Gasteiger partial charge in [-0.2, -0.15) is 0 Å². The van der Waals surface area contributed by atoms with Crippen molar-refractivity contribution in [2.75, 3.05) is 19.4 Å². The predicted molar refractivity (Wildman–Crippen MR) is 113 cm³/mol. The molecule has 0 aliphatic rings. The van der Waals surface area contributed by atoms with Crippen molar-refractivity contribution in [1.82, 2.24) is 9.62 Å². The Morgan fingerprint density at radius 3 is 2.21 bits per heavy atom. The van der Waals surface area contributed by atoms with E-state index in [1.807, 2.05) is 19.1 Å². The third-order valence-corrected chi connectivity index (χ3v) is 6.77. The van der Waals surface area contributed by atoms with Crippen LogP contribution in [-0.4, -0.2) is 38.8 Å². The summed E-state index contributed by atoms with van der Waals surface area (Å²) in [5.74, 6) is -0.295. The van der Waals surface area contributed by atoms with Gasteiger partial charge in [0.25, 0.3) is 0 Å². The lowest BCUT2D eigenvalue weighted by Gasteiger charge is -2.20. The SMILES string of the molecule is C[C@H](N[C@H](C)C(=O)Nc1ccc(Cl)c(S(=O)(=O)N(C)C)c1)c1ccc(Cl)cc1. The first-order valence-corrected chi connectivity index (χ1v) is 10.8. The van der Waals surface area contributed by atoms with Crippen LogP contribution in [0.15, 0.2) is 47.4 Å². The summed E-state index contributed by atoms with van der Waals surface area (Å²) < 4.78 is 25.8. The van der Waals surface area contributed by atoms with E-state index in [-0.39, 0.29) is 21.9 Å². The Kier molecular flexibility index (Phi) is 7.47. The summed E-state index contributed by atoms with van der Waals surface area (Å²) in [5, 5.41) is 6.66. The average molecular weight is 444 g/mol. The second-order valence-electron chi connectivity index (χ2n) is 6.58. The maximum Gasteiger partial charge on any atom is 0.244 e. The minimum absolute atomic E-state index is 0.0629.